The van der Waals surface area contributed by atoms with E-state index in [1.54, 1.807) is 12.1 Å². The van der Waals surface area contributed by atoms with Crippen molar-refractivity contribution in [3.8, 4) is 28.1 Å². The number of hydrogen-bond donors (Lipinski definition) is 1. The molecule has 0 saturated carbocycles. The van der Waals surface area contributed by atoms with E-state index in [2.05, 4.69) is 0 Å². The highest BCUT2D eigenvalue weighted by Crippen LogP contribution is 2.38. The van der Waals surface area contributed by atoms with Crippen LogP contribution in [0, 0.1) is 0 Å². The minimum atomic E-state index is 0.206. The third-order valence-electron chi connectivity index (χ3n) is 4.60. The molecule has 0 saturated heterocycles. The fourth-order valence-electron chi connectivity index (χ4n) is 3.36. The molecule has 0 amide bonds. The molecule has 5 rings (SSSR count). The second-order valence-corrected chi connectivity index (χ2v) is 6.83. The van der Waals surface area contributed by atoms with Gasteiger partial charge in [-0.15, -0.1) is 0 Å². The number of para-hydroxylation sites is 1. The van der Waals surface area contributed by atoms with E-state index in [1.165, 1.54) is 0 Å². The first-order valence-electron chi connectivity index (χ1n) is 8.57. The van der Waals surface area contributed by atoms with Gasteiger partial charge >= 0.3 is 0 Å². The van der Waals surface area contributed by atoms with Crippen molar-refractivity contribution in [2.75, 3.05) is 0 Å². The van der Waals surface area contributed by atoms with Gasteiger partial charge in [0.15, 0.2) is 5.58 Å². The molecule has 3 aromatic carbocycles. The first kappa shape index (κ1) is 15.9. The SMILES string of the molecule is Oc1cccc(-c2cc(-c3cccc(Cl)c3)nc3c2oc2ccccc23)c1. The van der Waals surface area contributed by atoms with Crippen LogP contribution in [0.1, 0.15) is 0 Å². The van der Waals surface area contributed by atoms with Gasteiger partial charge in [-0.05, 0) is 48.0 Å². The number of aromatic nitrogens is 1. The van der Waals surface area contributed by atoms with Crippen molar-refractivity contribution in [1.82, 2.24) is 4.98 Å². The molecule has 0 atom stereocenters. The molecule has 5 aromatic rings. The topological polar surface area (TPSA) is 46.3 Å². The first-order chi connectivity index (χ1) is 13.2. The molecule has 0 unspecified atom stereocenters. The highest BCUT2D eigenvalue weighted by molar-refractivity contribution is 6.30. The average molecular weight is 372 g/mol. The molecule has 0 spiro atoms. The van der Waals surface area contributed by atoms with Crippen LogP contribution in [0.15, 0.2) is 83.3 Å². The van der Waals surface area contributed by atoms with Crippen molar-refractivity contribution < 1.29 is 9.52 Å². The Labute approximate surface area is 160 Å². The highest BCUT2D eigenvalue weighted by Gasteiger charge is 2.16. The molecule has 0 aliphatic heterocycles. The van der Waals surface area contributed by atoms with E-state index in [-0.39, 0.29) is 5.75 Å². The van der Waals surface area contributed by atoms with Crippen LogP contribution in [0.2, 0.25) is 5.02 Å². The summed E-state index contributed by atoms with van der Waals surface area (Å²) in [7, 11) is 0. The number of nitrogens with zero attached hydrogens (tertiary/aromatic N) is 1. The van der Waals surface area contributed by atoms with Gasteiger partial charge in [0.25, 0.3) is 0 Å². The molecule has 4 heteroatoms. The Kier molecular flexibility index (Phi) is 3.62. The second-order valence-electron chi connectivity index (χ2n) is 6.39. The smallest absolute Gasteiger partial charge is 0.161 e. The Morgan fingerprint density at radius 1 is 0.815 bits per heavy atom. The molecule has 1 N–H and O–H groups in total. The van der Waals surface area contributed by atoms with Crippen LogP contribution in [-0.2, 0) is 0 Å². The lowest BCUT2D eigenvalue weighted by molar-refractivity contribution is 0.475. The number of rotatable bonds is 2. The Balaban J connectivity index is 1.89. The van der Waals surface area contributed by atoms with Crippen molar-refractivity contribution in [2.24, 2.45) is 0 Å². The quantitative estimate of drug-likeness (QED) is 0.376. The lowest BCUT2D eigenvalue weighted by Crippen LogP contribution is -1.88. The monoisotopic (exact) mass is 371 g/mol. The minimum absolute atomic E-state index is 0.206. The highest BCUT2D eigenvalue weighted by atomic mass is 35.5. The third-order valence-corrected chi connectivity index (χ3v) is 4.84. The van der Waals surface area contributed by atoms with E-state index in [4.69, 9.17) is 21.0 Å². The van der Waals surface area contributed by atoms with E-state index >= 15 is 0 Å². The summed E-state index contributed by atoms with van der Waals surface area (Å²) >= 11 is 6.19. The summed E-state index contributed by atoms with van der Waals surface area (Å²) in [6, 6.07) is 24.6. The molecule has 27 heavy (non-hydrogen) atoms. The van der Waals surface area contributed by atoms with Crippen molar-refractivity contribution >= 4 is 33.7 Å². The lowest BCUT2D eigenvalue weighted by atomic mass is 10.0. The molecule has 0 bridgehead atoms. The third kappa shape index (κ3) is 2.73. The second kappa shape index (κ2) is 6.15. The average Bonchev–Trinajstić information content (AvgIpc) is 3.06. The van der Waals surface area contributed by atoms with Crippen LogP contribution in [0.3, 0.4) is 0 Å². The van der Waals surface area contributed by atoms with E-state index in [1.807, 2.05) is 66.7 Å². The number of furan rings is 1. The van der Waals surface area contributed by atoms with Crippen molar-refractivity contribution in [1.29, 1.82) is 0 Å². The Morgan fingerprint density at radius 3 is 2.48 bits per heavy atom. The number of pyridine rings is 1. The number of fused-ring (bicyclic) bond motifs is 3. The van der Waals surface area contributed by atoms with Gasteiger partial charge in [-0.1, -0.05) is 48.0 Å². The summed E-state index contributed by atoms with van der Waals surface area (Å²) in [5, 5.41) is 11.6. The van der Waals surface area contributed by atoms with Gasteiger partial charge in [0, 0.05) is 21.5 Å². The van der Waals surface area contributed by atoms with E-state index in [9.17, 15) is 5.11 Å². The van der Waals surface area contributed by atoms with Gasteiger partial charge in [-0.3, -0.25) is 0 Å². The van der Waals surface area contributed by atoms with Crippen molar-refractivity contribution in [3.05, 3.63) is 83.9 Å². The standard InChI is InChI=1S/C23H14ClNO2/c24-16-7-3-6-15(11-16)20-13-19(14-5-4-8-17(26)12-14)23-22(25-20)18-9-1-2-10-21(18)27-23/h1-13,26H. The van der Waals surface area contributed by atoms with E-state index < -0.39 is 0 Å². The summed E-state index contributed by atoms with van der Waals surface area (Å²) in [4.78, 5) is 4.87. The summed E-state index contributed by atoms with van der Waals surface area (Å²) in [5.74, 6) is 0.206. The number of aromatic hydroxyl groups is 1. The van der Waals surface area contributed by atoms with Crippen LogP contribution in [0.25, 0.3) is 44.5 Å². The largest absolute Gasteiger partial charge is 0.508 e. The zero-order valence-electron chi connectivity index (χ0n) is 14.2. The zero-order valence-corrected chi connectivity index (χ0v) is 14.9. The van der Waals surface area contributed by atoms with Gasteiger partial charge in [0.05, 0.1) is 5.69 Å². The maximum atomic E-state index is 9.95. The number of phenolic OH excluding ortho intramolecular Hbond substituents is 1. The summed E-state index contributed by atoms with van der Waals surface area (Å²) in [6.45, 7) is 0. The van der Waals surface area contributed by atoms with Gasteiger partial charge in [-0.25, -0.2) is 4.98 Å². The lowest BCUT2D eigenvalue weighted by Gasteiger charge is -2.08. The maximum absolute atomic E-state index is 9.95. The summed E-state index contributed by atoms with van der Waals surface area (Å²) in [5.41, 5.74) is 5.75. The van der Waals surface area contributed by atoms with Crippen LogP contribution < -0.4 is 0 Å². The van der Waals surface area contributed by atoms with Crippen LogP contribution in [0.5, 0.6) is 5.75 Å². The maximum Gasteiger partial charge on any atom is 0.161 e. The number of hydrogen-bond acceptors (Lipinski definition) is 3. The molecule has 3 nitrogen and oxygen atoms in total. The van der Waals surface area contributed by atoms with Crippen molar-refractivity contribution in [3.63, 3.8) is 0 Å². The molecule has 0 fully saturated rings. The van der Waals surface area contributed by atoms with Gasteiger partial charge in [-0.2, -0.15) is 0 Å². The van der Waals surface area contributed by atoms with Gasteiger partial charge in [0.2, 0.25) is 0 Å². The Morgan fingerprint density at radius 2 is 1.63 bits per heavy atom. The molecule has 130 valence electrons. The fourth-order valence-corrected chi connectivity index (χ4v) is 3.55. The van der Waals surface area contributed by atoms with Crippen LogP contribution in [0.4, 0.5) is 0 Å². The minimum Gasteiger partial charge on any atom is -0.508 e. The Hall–Kier alpha value is -3.30. The molecular weight excluding hydrogens is 358 g/mol. The fraction of sp³-hybridized carbons (Fsp3) is 0. The van der Waals surface area contributed by atoms with Crippen molar-refractivity contribution in [2.45, 2.75) is 0 Å². The Bertz CT molecular complexity index is 1310. The zero-order chi connectivity index (χ0) is 18.4. The molecule has 0 aliphatic rings. The molecule has 0 radical (unpaired) electrons. The van der Waals surface area contributed by atoms with Gasteiger partial charge < -0.3 is 9.52 Å². The molecule has 0 aliphatic carbocycles. The normalized spacial score (nSPS) is 11.3. The number of benzene rings is 3. The number of halogens is 1. The molecular formula is C23H14ClNO2. The number of phenols is 1. The first-order valence-corrected chi connectivity index (χ1v) is 8.94. The summed E-state index contributed by atoms with van der Waals surface area (Å²) in [6.07, 6.45) is 0. The van der Waals surface area contributed by atoms with Crippen LogP contribution >= 0.6 is 11.6 Å². The predicted molar refractivity (Wildman–Crippen MR) is 109 cm³/mol. The predicted octanol–water partition coefficient (Wildman–Crippen LogP) is 6.67. The van der Waals surface area contributed by atoms with Crippen LogP contribution in [-0.4, -0.2) is 10.1 Å². The molecule has 2 aromatic heterocycles. The van der Waals surface area contributed by atoms with E-state index in [0.717, 1.165) is 38.9 Å². The summed E-state index contributed by atoms with van der Waals surface area (Å²) < 4.78 is 6.12. The molecule has 2 heterocycles. The van der Waals surface area contributed by atoms with Gasteiger partial charge in [0.1, 0.15) is 16.8 Å². The van der Waals surface area contributed by atoms with E-state index in [0.29, 0.717) is 10.6 Å².